The van der Waals surface area contributed by atoms with Gasteiger partial charge in [0.15, 0.2) is 0 Å². The van der Waals surface area contributed by atoms with Crippen molar-refractivity contribution in [2.45, 2.75) is 66.2 Å². The Hall–Kier alpha value is -1.45. The lowest BCUT2D eigenvalue weighted by atomic mass is 9.85. The second-order valence-corrected chi connectivity index (χ2v) is 8.12. The van der Waals surface area contributed by atoms with Gasteiger partial charge in [-0.1, -0.05) is 62.6 Å². The van der Waals surface area contributed by atoms with Gasteiger partial charge >= 0.3 is 0 Å². The van der Waals surface area contributed by atoms with Crippen molar-refractivity contribution in [2.24, 2.45) is 11.8 Å². The van der Waals surface area contributed by atoms with E-state index in [1.807, 2.05) is 0 Å². The highest BCUT2D eigenvalue weighted by Gasteiger charge is 2.17. The molecule has 0 aliphatic heterocycles. The first-order valence-corrected chi connectivity index (χ1v) is 11.1. The molecule has 28 heavy (non-hydrogen) atoms. The van der Waals surface area contributed by atoms with Crippen LogP contribution < -0.4 is 10.6 Å². The molecule has 2 atom stereocenters. The summed E-state index contributed by atoms with van der Waals surface area (Å²) >= 11 is 0. The molecule has 1 rings (SSSR count). The number of carbonyl (C=O) groups excluding carboxylic acids is 1. The molecule has 1 aromatic rings. The highest BCUT2D eigenvalue weighted by molar-refractivity contribution is 5.48. The molecule has 2 N–H and O–H groups in total. The van der Waals surface area contributed by atoms with Crippen molar-refractivity contribution in [3.8, 4) is 0 Å². The van der Waals surface area contributed by atoms with Gasteiger partial charge in [-0.2, -0.15) is 0 Å². The van der Waals surface area contributed by atoms with Gasteiger partial charge in [0, 0.05) is 13.0 Å². The Morgan fingerprint density at radius 1 is 1.11 bits per heavy atom. The Kier molecular flexibility index (Phi) is 13.6. The minimum absolute atomic E-state index is 0.655. The van der Waals surface area contributed by atoms with E-state index in [1.165, 1.54) is 29.5 Å². The summed E-state index contributed by atoms with van der Waals surface area (Å²) in [5.74, 6) is 1.41. The molecule has 0 heterocycles. The van der Waals surface area contributed by atoms with Crippen LogP contribution in [-0.2, 0) is 17.6 Å². The SMILES string of the molecule is C/C=C(\C)CNCC(Cc1ccc(CCNCCCC=O)cc1)C(C)CCC. The molecule has 0 saturated carbocycles. The predicted molar refractivity (Wildman–Crippen MR) is 122 cm³/mol. The smallest absolute Gasteiger partial charge is 0.120 e. The molecule has 0 amide bonds. The molecule has 2 unspecified atom stereocenters. The molecule has 0 radical (unpaired) electrons. The highest BCUT2D eigenvalue weighted by Crippen LogP contribution is 2.22. The third kappa shape index (κ3) is 10.8. The molecule has 3 nitrogen and oxygen atoms in total. The van der Waals surface area contributed by atoms with Crippen molar-refractivity contribution in [2.75, 3.05) is 26.2 Å². The van der Waals surface area contributed by atoms with Crippen LogP contribution in [0, 0.1) is 11.8 Å². The van der Waals surface area contributed by atoms with Crippen molar-refractivity contribution < 1.29 is 4.79 Å². The topological polar surface area (TPSA) is 41.1 Å². The number of allylic oxidation sites excluding steroid dienone is 1. The van der Waals surface area contributed by atoms with Gasteiger partial charge in [0.05, 0.1) is 0 Å². The molecule has 0 fully saturated rings. The lowest BCUT2D eigenvalue weighted by molar-refractivity contribution is -0.107. The van der Waals surface area contributed by atoms with Crippen LogP contribution >= 0.6 is 0 Å². The van der Waals surface area contributed by atoms with E-state index < -0.39 is 0 Å². The van der Waals surface area contributed by atoms with Crippen LogP contribution in [0.2, 0.25) is 0 Å². The summed E-state index contributed by atoms with van der Waals surface area (Å²) in [6, 6.07) is 9.18. The number of benzene rings is 1. The normalized spacial score (nSPS) is 14.1. The van der Waals surface area contributed by atoms with Gasteiger partial charge in [-0.15, -0.1) is 0 Å². The first-order chi connectivity index (χ1) is 13.6. The fourth-order valence-electron chi connectivity index (χ4n) is 3.54. The van der Waals surface area contributed by atoms with Crippen LogP contribution in [0.4, 0.5) is 0 Å². The Morgan fingerprint density at radius 2 is 1.82 bits per heavy atom. The number of hydrogen-bond donors (Lipinski definition) is 2. The molecule has 0 saturated heterocycles. The molecule has 1 aromatic carbocycles. The van der Waals surface area contributed by atoms with Crippen molar-refractivity contribution in [3.63, 3.8) is 0 Å². The van der Waals surface area contributed by atoms with Crippen LogP contribution in [0.1, 0.15) is 64.5 Å². The maximum atomic E-state index is 10.3. The second kappa shape index (κ2) is 15.5. The summed E-state index contributed by atoms with van der Waals surface area (Å²) in [4.78, 5) is 10.3. The minimum Gasteiger partial charge on any atom is -0.316 e. The maximum absolute atomic E-state index is 10.3. The number of aldehydes is 1. The lowest BCUT2D eigenvalue weighted by Crippen LogP contribution is -2.30. The molecule has 0 bridgehead atoms. The average molecular weight is 387 g/mol. The quantitative estimate of drug-likeness (QED) is 0.240. The first kappa shape index (κ1) is 24.6. The van der Waals surface area contributed by atoms with E-state index in [0.29, 0.717) is 12.3 Å². The van der Waals surface area contributed by atoms with Gasteiger partial charge in [0.1, 0.15) is 6.29 Å². The fraction of sp³-hybridized carbons (Fsp3) is 0.640. The molecule has 158 valence electrons. The van der Waals surface area contributed by atoms with Crippen molar-refractivity contribution >= 4 is 6.29 Å². The molecule has 0 spiro atoms. The van der Waals surface area contributed by atoms with Crippen LogP contribution in [0.15, 0.2) is 35.9 Å². The summed E-state index contributed by atoms with van der Waals surface area (Å²) in [5.41, 5.74) is 4.23. The van der Waals surface area contributed by atoms with E-state index in [0.717, 1.165) is 57.6 Å². The Balaban J connectivity index is 2.49. The largest absolute Gasteiger partial charge is 0.316 e. The van der Waals surface area contributed by atoms with Crippen LogP contribution in [-0.4, -0.2) is 32.5 Å². The van der Waals surface area contributed by atoms with Gasteiger partial charge in [-0.25, -0.2) is 0 Å². The third-order valence-electron chi connectivity index (χ3n) is 5.64. The van der Waals surface area contributed by atoms with Crippen molar-refractivity contribution in [1.29, 1.82) is 0 Å². The van der Waals surface area contributed by atoms with Crippen LogP contribution in [0.25, 0.3) is 0 Å². The van der Waals surface area contributed by atoms with Crippen molar-refractivity contribution in [3.05, 3.63) is 47.0 Å². The van der Waals surface area contributed by atoms with Gasteiger partial charge in [-0.05, 0) is 75.7 Å². The van der Waals surface area contributed by atoms with E-state index >= 15 is 0 Å². The number of hydrogen-bond acceptors (Lipinski definition) is 3. The predicted octanol–water partition coefficient (Wildman–Crippen LogP) is 4.95. The van der Waals surface area contributed by atoms with E-state index in [-0.39, 0.29) is 0 Å². The molecular weight excluding hydrogens is 344 g/mol. The first-order valence-electron chi connectivity index (χ1n) is 11.1. The Labute approximate surface area is 173 Å². The standard InChI is InChI=1S/C25H42N2O/c1-5-9-22(4)25(20-27-19-21(3)6-2)18-24-12-10-23(11-13-24)14-16-26-15-7-8-17-28/h6,10-13,17,22,25-27H,5,7-9,14-16,18-20H2,1-4H3/b21-6+. The second-order valence-electron chi connectivity index (χ2n) is 8.12. The van der Waals surface area contributed by atoms with Crippen LogP contribution in [0.3, 0.4) is 0 Å². The van der Waals surface area contributed by atoms with Crippen molar-refractivity contribution in [1.82, 2.24) is 10.6 Å². The van der Waals surface area contributed by atoms with Crippen LogP contribution in [0.5, 0.6) is 0 Å². The zero-order valence-corrected chi connectivity index (χ0v) is 18.6. The van der Waals surface area contributed by atoms with Gasteiger partial charge in [0.25, 0.3) is 0 Å². The summed E-state index contributed by atoms with van der Waals surface area (Å²) in [7, 11) is 0. The number of unbranched alkanes of at least 4 members (excludes halogenated alkanes) is 1. The Morgan fingerprint density at radius 3 is 2.46 bits per heavy atom. The summed E-state index contributed by atoms with van der Waals surface area (Å²) in [6.45, 7) is 13.0. The van der Waals surface area contributed by atoms with E-state index in [4.69, 9.17) is 0 Å². The van der Waals surface area contributed by atoms with E-state index in [1.54, 1.807) is 0 Å². The lowest BCUT2D eigenvalue weighted by Gasteiger charge is -2.25. The Bertz CT molecular complexity index is 550. The molecule has 0 aliphatic carbocycles. The molecule has 3 heteroatoms. The summed E-state index contributed by atoms with van der Waals surface area (Å²) in [6.07, 6.45) is 9.51. The highest BCUT2D eigenvalue weighted by atomic mass is 16.1. The average Bonchev–Trinajstić information content (AvgIpc) is 2.71. The van der Waals surface area contributed by atoms with Gasteiger partial charge in [-0.3, -0.25) is 0 Å². The zero-order chi connectivity index (χ0) is 20.6. The zero-order valence-electron chi connectivity index (χ0n) is 18.6. The van der Waals surface area contributed by atoms with E-state index in [2.05, 4.69) is 68.7 Å². The van der Waals surface area contributed by atoms with Gasteiger partial charge in [0.2, 0.25) is 0 Å². The van der Waals surface area contributed by atoms with E-state index in [9.17, 15) is 4.79 Å². The maximum Gasteiger partial charge on any atom is 0.120 e. The molecule has 0 aromatic heterocycles. The molecular formula is C25H42N2O. The number of nitrogens with one attached hydrogen (secondary N) is 2. The number of carbonyl (C=O) groups is 1. The third-order valence-corrected chi connectivity index (χ3v) is 5.64. The summed E-state index contributed by atoms with van der Waals surface area (Å²) < 4.78 is 0. The fourth-order valence-corrected chi connectivity index (χ4v) is 3.54. The monoisotopic (exact) mass is 386 g/mol. The minimum atomic E-state index is 0.655. The summed E-state index contributed by atoms with van der Waals surface area (Å²) in [5, 5.41) is 7.07. The molecule has 0 aliphatic rings. The number of rotatable bonds is 16. The van der Waals surface area contributed by atoms with Gasteiger partial charge < -0.3 is 15.4 Å².